The summed E-state index contributed by atoms with van der Waals surface area (Å²) in [6.07, 6.45) is 35.6. The van der Waals surface area contributed by atoms with Crippen molar-refractivity contribution in [2.45, 2.75) is 288 Å². The van der Waals surface area contributed by atoms with Crippen LogP contribution in [0.25, 0.3) is 64.6 Å². The summed E-state index contributed by atoms with van der Waals surface area (Å²) in [6.45, 7) is 29.6. The van der Waals surface area contributed by atoms with Crippen LogP contribution in [0.1, 0.15) is 288 Å². The molecule has 0 N–H and O–H groups in total. The number of fused-ring (bicyclic) bond motifs is 12. The van der Waals surface area contributed by atoms with Crippen LogP contribution < -0.4 is 56.8 Å². The summed E-state index contributed by atoms with van der Waals surface area (Å²) >= 11 is 0. The van der Waals surface area contributed by atoms with E-state index in [9.17, 15) is 0 Å². The molecule has 0 unspecified atom stereocenters. The second kappa shape index (κ2) is 47.5. The summed E-state index contributed by atoms with van der Waals surface area (Å²) < 4.78 is 81.2. The molecule has 0 bridgehead atoms. The summed E-state index contributed by atoms with van der Waals surface area (Å²) in [7, 11) is 0. The number of hydrogen-bond acceptors (Lipinski definition) is 12. The molecule has 0 aliphatic carbocycles. The number of hydrogen-bond donors (Lipinski definition) is 0. The van der Waals surface area contributed by atoms with Crippen molar-refractivity contribution in [3.63, 3.8) is 0 Å². The number of ether oxygens (including phenoxy) is 12. The van der Waals surface area contributed by atoms with Crippen LogP contribution in [0.4, 0.5) is 0 Å². The van der Waals surface area contributed by atoms with Crippen molar-refractivity contribution >= 4 is 64.6 Å². The molecule has 0 aromatic heterocycles. The van der Waals surface area contributed by atoms with Gasteiger partial charge in [-0.1, -0.05) is 198 Å². The van der Waals surface area contributed by atoms with Crippen molar-refractivity contribution in [3.8, 4) is 69.0 Å². The highest BCUT2D eigenvalue weighted by Crippen LogP contribution is 2.50. The molecule has 0 aliphatic heterocycles. The zero-order chi connectivity index (χ0) is 73.4. The van der Waals surface area contributed by atoms with Crippen LogP contribution in [0.3, 0.4) is 0 Å². The average Bonchev–Trinajstić information content (AvgIpc) is 0.734. The summed E-state index contributed by atoms with van der Waals surface area (Å²) in [5.41, 5.74) is 0. The maximum absolute atomic E-state index is 6.96. The van der Waals surface area contributed by atoms with E-state index in [0.29, 0.717) is 79.3 Å². The lowest BCUT2D eigenvalue weighted by molar-refractivity contribution is 0.252. The first kappa shape index (κ1) is 82.6. The van der Waals surface area contributed by atoms with Crippen LogP contribution in [0.5, 0.6) is 69.0 Å². The molecule has 8 rings (SSSR count). The molecular formula is C92H134O12. The Morgan fingerprint density at radius 3 is 0.298 bits per heavy atom. The SMILES string of the molecule is CCCCCOc1cc2c3cc(OCCCCC)c(OCCCCC)cc3c3cc(OCCCCCCOc4cc5c6cc(OCCCCC)c(OCCCCC)cc6c6cc(OCCCCC)c(OCCCCC)cc6c5cc4OCCCCC)c(OCCCCC)cc3c2cc1OCCCCC. The predicted molar refractivity (Wildman–Crippen MR) is 438 cm³/mol. The van der Waals surface area contributed by atoms with E-state index in [1.807, 2.05) is 0 Å². The Hall–Kier alpha value is -7.08. The van der Waals surface area contributed by atoms with Gasteiger partial charge in [-0.25, -0.2) is 0 Å². The predicted octanol–water partition coefficient (Wildman–Crippen LogP) is 27.3. The molecule has 8 aromatic carbocycles. The third-order valence-corrected chi connectivity index (χ3v) is 19.9. The third-order valence-electron chi connectivity index (χ3n) is 19.9. The van der Waals surface area contributed by atoms with Crippen LogP contribution in [-0.4, -0.2) is 79.3 Å². The van der Waals surface area contributed by atoms with Gasteiger partial charge in [0.25, 0.3) is 0 Å². The van der Waals surface area contributed by atoms with Gasteiger partial charge in [0.1, 0.15) is 0 Å². The minimum absolute atomic E-state index is 0.536. The third kappa shape index (κ3) is 24.8. The van der Waals surface area contributed by atoms with Crippen LogP contribution in [0, 0.1) is 0 Å². The van der Waals surface area contributed by atoms with Gasteiger partial charge >= 0.3 is 0 Å². The van der Waals surface area contributed by atoms with Gasteiger partial charge in [0.15, 0.2) is 69.0 Å². The van der Waals surface area contributed by atoms with E-state index in [1.54, 1.807) is 0 Å². The van der Waals surface area contributed by atoms with Crippen molar-refractivity contribution in [3.05, 3.63) is 72.8 Å². The molecule has 12 heteroatoms. The Morgan fingerprint density at radius 2 is 0.212 bits per heavy atom. The highest BCUT2D eigenvalue weighted by molar-refractivity contribution is 6.28. The first-order chi connectivity index (χ1) is 51.3. The van der Waals surface area contributed by atoms with Crippen LogP contribution in [0.15, 0.2) is 72.8 Å². The molecule has 0 spiro atoms. The second-order valence-corrected chi connectivity index (χ2v) is 28.7. The Kier molecular flexibility index (Phi) is 37.7. The van der Waals surface area contributed by atoms with Gasteiger partial charge in [0.05, 0.1) is 79.3 Å². The Labute approximate surface area is 626 Å². The zero-order valence-electron chi connectivity index (χ0n) is 66.4. The lowest BCUT2D eigenvalue weighted by atomic mass is 9.93. The molecule has 574 valence electrons. The number of rotatable bonds is 59. The lowest BCUT2D eigenvalue weighted by Gasteiger charge is -2.21. The van der Waals surface area contributed by atoms with Crippen molar-refractivity contribution in [2.75, 3.05) is 79.3 Å². The Balaban J connectivity index is 1.13. The van der Waals surface area contributed by atoms with Gasteiger partial charge < -0.3 is 56.8 Å². The molecule has 0 fully saturated rings. The fourth-order valence-electron chi connectivity index (χ4n) is 13.7. The smallest absolute Gasteiger partial charge is 0.161 e. The molecule has 0 amide bonds. The molecule has 0 saturated carbocycles. The van der Waals surface area contributed by atoms with Gasteiger partial charge in [-0.3, -0.25) is 0 Å². The summed E-state index contributed by atoms with van der Waals surface area (Å²) in [4.78, 5) is 0. The van der Waals surface area contributed by atoms with E-state index in [0.717, 1.165) is 352 Å². The number of unbranched alkanes of at least 4 members (excludes halogenated alkanes) is 23. The summed E-state index contributed by atoms with van der Waals surface area (Å²) in [5, 5.41) is 12.9. The monoisotopic (exact) mass is 1430 g/mol. The van der Waals surface area contributed by atoms with Crippen molar-refractivity contribution in [2.24, 2.45) is 0 Å². The lowest BCUT2D eigenvalue weighted by Crippen LogP contribution is -2.05. The van der Waals surface area contributed by atoms with Gasteiger partial charge in [-0.15, -0.1) is 0 Å². The van der Waals surface area contributed by atoms with Crippen LogP contribution in [0.2, 0.25) is 0 Å². The topological polar surface area (TPSA) is 111 Å². The van der Waals surface area contributed by atoms with Crippen LogP contribution in [-0.2, 0) is 0 Å². The fourth-order valence-corrected chi connectivity index (χ4v) is 13.7. The Morgan fingerprint density at radius 1 is 0.125 bits per heavy atom. The molecule has 0 aliphatic rings. The highest BCUT2D eigenvalue weighted by Gasteiger charge is 2.24. The largest absolute Gasteiger partial charge is 0.490 e. The van der Waals surface area contributed by atoms with E-state index >= 15 is 0 Å². The molecular weight excluding hydrogens is 1300 g/mol. The fraction of sp³-hybridized carbons (Fsp3) is 0.609. The van der Waals surface area contributed by atoms with Crippen molar-refractivity contribution in [1.29, 1.82) is 0 Å². The molecule has 8 aromatic rings. The normalized spacial score (nSPS) is 11.6. The van der Waals surface area contributed by atoms with Crippen LogP contribution >= 0.6 is 0 Å². The summed E-state index contributed by atoms with van der Waals surface area (Å²) in [6, 6.07) is 26.6. The minimum atomic E-state index is 0.536. The minimum Gasteiger partial charge on any atom is -0.490 e. The Bertz CT molecular complexity index is 3440. The van der Waals surface area contributed by atoms with E-state index in [2.05, 4.69) is 142 Å². The first-order valence-electron chi connectivity index (χ1n) is 41.9. The first-order valence-corrected chi connectivity index (χ1v) is 41.9. The molecule has 0 saturated heterocycles. The standard InChI is InChI=1S/C92H134O12/c1-11-21-33-45-93-81-57-69-71-59-83(95-47-35-23-13-3)87(99-51-39-27-17-7)63-75(71)79-67-91(89(101-53-41-29-19-9)65-77(79)73(69)61-85(81)97-49-37-25-15-5)103-55-43-31-32-44-56-104-92-68-80-76-64-88(100-52-40-28-18-8)84(96-48-36-24-14-4)60-72(76)70-58-82(94-46-34-22-12-2)86(98-50-38-26-16-6)62-74(70)78(80)66-90(92)102-54-42-30-20-10/h57-68H,11-56H2,1-10H3. The second-order valence-electron chi connectivity index (χ2n) is 28.7. The maximum atomic E-state index is 6.96. The zero-order valence-corrected chi connectivity index (χ0v) is 66.4. The molecule has 12 nitrogen and oxygen atoms in total. The van der Waals surface area contributed by atoms with E-state index in [4.69, 9.17) is 56.8 Å². The molecule has 0 atom stereocenters. The van der Waals surface area contributed by atoms with Crippen molar-refractivity contribution in [1.82, 2.24) is 0 Å². The number of benzene rings is 8. The van der Waals surface area contributed by atoms with E-state index in [1.165, 1.54) is 0 Å². The van der Waals surface area contributed by atoms with Crippen molar-refractivity contribution < 1.29 is 56.8 Å². The van der Waals surface area contributed by atoms with E-state index in [-0.39, 0.29) is 0 Å². The molecule has 0 radical (unpaired) electrons. The molecule has 104 heavy (non-hydrogen) atoms. The summed E-state index contributed by atoms with van der Waals surface area (Å²) in [5.74, 6) is 9.18. The quantitative estimate of drug-likeness (QED) is 0.0267. The van der Waals surface area contributed by atoms with Gasteiger partial charge in [-0.05, 0) is 227 Å². The maximum Gasteiger partial charge on any atom is 0.161 e. The average molecular weight is 1430 g/mol. The molecule has 0 heterocycles. The van der Waals surface area contributed by atoms with Gasteiger partial charge in [0.2, 0.25) is 0 Å². The highest BCUT2D eigenvalue weighted by atomic mass is 16.5. The van der Waals surface area contributed by atoms with E-state index < -0.39 is 0 Å². The van der Waals surface area contributed by atoms with Gasteiger partial charge in [-0.2, -0.15) is 0 Å². The van der Waals surface area contributed by atoms with Gasteiger partial charge in [0, 0.05) is 0 Å².